The van der Waals surface area contributed by atoms with Crippen molar-refractivity contribution < 1.29 is 18.3 Å². The summed E-state index contributed by atoms with van der Waals surface area (Å²) in [6.07, 6.45) is 0.305. The van der Waals surface area contributed by atoms with Gasteiger partial charge in [-0.15, -0.1) is 11.3 Å². The van der Waals surface area contributed by atoms with Gasteiger partial charge in [-0.3, -0.25) is 4.99 Å². The van der Waals surface area contributed by atoms with Gasteiger partial charge in [0, 0.05) is 24.5 Å². The van der Waals surface area contributed by atoms with Crippen molar-refractivity contribution in [3.63, 3.8) is 0 Å². The van der Waals surface area contributed by atoms with Gasteiger partial charge in [-0.05, 0) is 17.9 Å². The Hall–Kier alpha value is -1.21. The van der Waals surface area contributed by atoms with Crippen LogP contribution in [-0.4, -0.2) is 26.7 Å². The van der Waals surface area contributed by atoms with E-state index < -0.39 is 15.8 Å². The lowest BCUT2D eigenvalue weighted by Crippen LogP contribution is -2.23. The molecule has 1 aromatic rings. The molecule has 0 spiro atoms. The van der Waals surface area contributed by atoms with Crippen LogP contribution in [0.15, 0.2) is 20.6 Å². The molecule has 0 fully saturated rings. The standard InChI is InChI=1S/C10H11NO4S2/c12-9(13)1-4-11-8-2-5-16-10-7(8)3-6-17(10,14)15/h2,5H,1,3-4,6H2,(H,12,13)/p-1. The van der Waals surface area contributed by atoms with Crippen molar-refractivity contribution in [2.24, 2.45) is 4.99 Å². The van der Waals surface area contributed by atoms with E-state index in [1.54, 1.807) is 11.4 Å². The third-order valence-corrected chi connectivity index (χ3v) is 5.79. The SMILES string of the molecule is O=C([O-])CCN=c1ccsc2c1CCS2(=O)=O. The minimum absolute atomic E-state index is 0.115. The maximum Gasteiger partial charge on any atom is 0.188 e. The van der Waals surface area contributed by atoms with Crippen molar-refractivity contribution in [2.45, 2.75) is 17.1 Å². The predicted molar refractivity (Wildman–Crippen MR) is 60.1 cm³/mol. The van der Waals surface area contributed by atoms with E-state index >= 15 is 0 Å². The first-order valence-corrected chi connectivity index (χ1v) is 7.58. The maximum atomic E-state index is 11.7. The molecule has 0 aliphatic carbocycles. The fourth-order valence-electron chi connectivity index (χ4n) is 1.67. The Morgan fingerprint density at radius 3 is 3.00 bits per heavy atom. The van der Waals surface area contributed by atoms with Crippen LogP contribution >= 0.6 is 11.3 Å². The van der Waals surface area contributed by atoms with Crippen LogP contribution < -0.4 is 10.5 Å². The number of carboxylic acids is 1. The zero-order valence-electron chi connectivity index (χ0n) is 8.88. The van der Waals surface area contributed by atoms with Crippen molar-refractivity contribution in [1.29, 1.82) is 0 Å². The molecule has 0 N–H and O–H groups in total. The first-order valence-electron chi connectivity index (χ1n) is 5.04. The first-order chi connectivity index (χ1) is 8.00. The van der Waals surface area contributed by atoms with E-state index in [1.165, 1.54) is 11.3 Å². The third-order valence-electron chi connectivity index (χ3n) is 2.46. The van der Waals surface area contributed by atoms with Crippen LogP contribution in [0.1, 0.15) is 12.0 Å². The lowest BCUT2D eigenvalue weighted by atomic mass is 10.2. The van der Waals surface area contributed by atoms with Crippen LogP contribution in [-0.2, 0) is 21.1 Å². The minimum Gasteiger partial charge on any atom is -0.550 e. The molecule has 92 valence electrons. The molecule has 5 nitrogen and oxygen atoms in total. The van der Waals surface area contributed by atoms with Crippen LogP contribution in [0.25, 0.3) is 0 Å². The topological polar surface area (TPSA) is 86.6 Å². The normalized spacial score (nSPS) is 18.0. The Kier molecular flexibility index (Phi) is 3.30. The predicted octanol–water partition coefficient (Wildman–Crippen LogP) is -0.881. The fourth-order valence-corrected chi connectivity index (χ4v) is 4.59. The quantitative estimate of drug-likeness (QED) is 0.715. The average molecular weight is 272 g/mol. The highest BCUT2D eigenvalue weighted by molar-refractivity contribution is 7.93. The lowest BCUT2D eigenvalue weighted by Gasteiger charge is -1.99. The van der Waals surface area contributed by atoms with E-state index in [0.717, 1.165) is 5.56 Å². The van der Waals surface area contributed by atoms with Gasteiger partial charge < -0.3 is 9.90 Å². The van der Waals surface area contributed by atoms with Crippen molar-refractivity contribution in [1.82, 2.24) is 0 Å². The number of fused-ring (bicyclic) bond motifs is 1. The second-order valence-electron chi connectivity index (χ2n) is 3.64. The average Bonchev–Trinajstić information content (AvgIpc) is 2.56. The van der Waals surface area contributed by atoms with E-state index in [9.17, 15) is 18.3 Å². The van der Waals surface area contributed by atoms with E-state index in [-0.39, 0.29) is 18.7 Å². The number of aliphatic carboxylic acids is 1. The minimum atomic E-state index is -3.14. The summed E-state index contributed by atoms with van der Waals surface area (Å²) in [5.74, 6) is -1.04. The van der Waals surface area contributed by atoms with Crippen LogP contribution in [0.4, 0.5) is 0 Å². The molecule has 17 heavy (non-hydrogen) atoms. The number of carboxylic acid groups (broad SMARTS) is 1. The number of rotatable bonds is 3. The van der Waals surface area contributed by atoms with Gasteiger partial charge in [0.15, 0.2) is 9.84 Å². The Labute approximate surface area is 102 Å². The zero-order valence-corrected chi connectivity index (χ0v) is 10.5. The second-order valence-corrected chi connectivity index (χ2v) is 6.86. The monoisotopic (exact) mass is 272 g/mol. The van der Waals surface area contributed by atoms with Crippen molar-refractivity contribution >= 4 is 27.1 Å². The summed E-state index contributed by atoms with van der Waals surface area (Å²) in [6, 6.07) is 1.72. The Morgan fingerprint density at radius 1 is 1.53 bits per heavy atom. The van der Waals surface area contributed by atoms with Gasteiger partial charge in [0.1, 0.15) is 4.21 Å². The smallest absolute Gasteiger partial charge is 0.188 e. The molecule has 0 saturated carbocycles. The first kappa shape index (κ1) is 12.3. The molecule has 7 heteroatoms. The highest BCUT2D eigenvalue weighted by Crippen LogP contribution is 2.26. The number of hydrogen-bond acceptors (Lipinski definition) is 6. The Bertz CT molecular complexity index is 615. The summed E-state index contributed by atoms with van der Waals surface area (Å²) in [5.41, 5.74) is 0.718. The van der Waals surface area contributed by atoms with Gasteiger partial charge in [0.05, 0.1) is 11.1 Å². The highest BCUT2D eigenvalue weighted by Gasteiger charge is 2.27. The number of carbonyl (C=O) groups is 1. The molecule has 0 saturated heterocycles. The van der Waals surface area contributed by atoms with E-state index in [4.69, 9.17) is 0 Å². The van der Waals surface area contributed by atoms with Crippen LogP contribution in [0, 0.1) is 0 Å². The van der Waals surface area contributed by atoms with Crippen LogP contribution in [0.3, 0.4) is 0 Å². The zero-order chi connectivity index (χ0) is 12.5. The number of sulfone groups is 1. The Balaban J connectivity index is 2.39. The third kappa shape index (κ3) is 2.55. The molecule has 0 bridgehead atoms. The number of nitrogens with zero attached hydrogens (tertiary/aromatic N) is 1. The van der Waals surface area contributed by atoms with E-state index in [0.29, 0.717) is 16.0 Å². The largest absolute Gasteiger partial charge is 0.550 e. The van der Waals surface area contributed by atoms with Crippen molar-refractivity contribution in [3.8, 4) is 0 Å². The van der Waals surface area contributed by atoms with E-state index in [2.05, 4.69) is 4.99 Å². The molecule has 0 aromatic carbocycles. The summed E-state index contributed by atoms with van der Waals surface area (Å²) >= 11 is 1.19. The molecular formula is C10H10NO4S2-. The molecule has 0 unspecified atom stereocenters. The summed E-state index contributed by atoms with van der Waals surface area (Å²) in [6.45, 7) is 0.115. The fraction of sp³-hybridized carbons (Fsp3) is 0.400. The molecule has 1 aliphatic rings. The number of carbonyl (C=O) groups excluding carboxylic acids is 1. The van der Waals surface area contributed by atoms with Gasteiger partial charge in [0.2, 0.25) is 0 Å². The molecular weight excluding hydrogens is 262 g/mol. The highest BCUT2D eigenvalue weighted by atomic mass is 32.2. The summed E-state index contributed by atoms with van der Waals surface area (Å²) in [7, 11) is -3.14. The molecule has 2 heterocycles. The molecule has 1 aliphatic heterocycles. The van der Waals surface area contributed by atoms with Crippen molar-refractivity contribution in [2.75, 3.05) is 12.3 Å². The molecule has 2 rings (SSSR count). The van der Waals surface area contributed by atoms with Crippen LogP contribution in [0.5, 0.6) is 0 Å². The molecule has 0 atom stereocenters. The van der Waals surface area contributed by atoms with Gasteiger partial charge >= 0.3 is 0 Å². The Morgan fingerprint density at radius 2 is 2.29 bits per heavy atom. The maximum absolute atomic E-state index is 11.7. The molecule has 1 aromatic heterocycles. The van der Waals surface area contributed by atoms with Gasteiger partial charge in [0.25, 0.3) is 0 Å². The van der Waals surface area contributed by atoms with Gasteiger partial charge in [-0.1, -0.05) is 0 Å². The van der Waals surface area contributed by atoms with Gasteiger partial charge in [-0.25, -0.2) is 8.42 Å². The molecule has 0 amide bonds. The lowest BCUT2D eigenvalue weighted by molar-refractivity contribution is -0.305. The summed E-state index contributed by atoms with van der Waals surface area (Å²) in [5, 5.41) is 12.5. The second kappa shape index (κ2) is 4.58. The summed E-state index contributed by atoms with van der Waals surface area (Å²) in [4.78, 5) is 14.4. The van der Waals surface area contributed by atoms with Crippen LogP contribution in [0.2, 0.25) is 0 Å². The van der Waals surface area contributed by atoms with Gasteiger partial charge in [-0.2, -0.15) is 0 Å². The summed E-state index contributed by atoms with van der Waals surface area (Å²) < 4.78 is 23.7. The van der Waals surface area contributed by atoms with Crippen molar-refractivity contribution in [3.05, 3.63) is 22.4 Å². The number of hydrogen-bond donors (Lipinski definition) is 0. The van der Waals surface area contributed by atoms with E-state index in [1.807, 2.05) is 0 Å². The molecule has 0 radical (unpaired) electrons.